The highest BCUT2D eigenvalue weighted by Crippen LogP contribution is 2.44. The maximum absolute atomic E-state index is 14.6. The quantitative estimate of drug-likeness (QED) is 0.0369. The number of hydrogen-bond donors (Lipinski definition) is 3. The number of aliphatic hydroxyl groups excluding tert-OH is 1. The number of benzene rings is 5. The Balaban J connectivity index is 1.41. The lowest BCUT2D eigenvalue weighted by Gasteiger charge is -2.31. The topological polar surface area (TPSA) is 141 Å². The Labute approximate surface area is 288 Å². The van der Waals surface area contributed by atoms with Gasteiger partial charge in [-0.05, 0) is 69.7 Å². The average molecular weight is 671 g/mol. The van der Waals surface area contributed by atoms with Crippen LogP contribution in [0.1, 0.15) is 34.8 Å². The van der Waals surface area contributed by atoms with E-state index in [-0.39, 0.29) is 31.3 Å². The Morgan fingerprint density at radius 1 is 0.920 bits per heavy atom. The van der Waals surface area contributed by atoms with Crippen LogP contribution in [0.4, 0.5) is 10.1 Å². The molecule has 5 aromatic rings. The van der Waals surface area contributed by atoms with Crippen LogP contribution in [-0.2, 0) is 22.5 Å². The molecule has 0 unspecified atom stereocenters. The first-order chi connectivity index (χ1) is 24.5. The van der Waals surface area contributed by atoms with Crippen molar-refractivity contribution in [3.05, 3.63) is 166 Å². The number of rotatable bonds is 14. The van der Waals surface area contributed by atoms with Crippen molar-refractivity contribution in [3.63, 3.8) is 0 Å². The van der Waals surface area contributed by atoms with Crippen LogP contribution in [0.15, 0.2) is 138 Å². The highest BCUT2D eigenvalue weighted by atomic mass is 19.1. The molecule has 50 heavy (non-hydrogen) atoms. The minimum Gasteiger partial charge on any atom is -0.494 e. The SMILES string of the molecule is [N-]=[N+]=Nc1ccccc1C[C@]1(C(=O)NNCc2cccc(F)c2)N=C(c2ccc(OCCCO)cc2)O[C@H]1c1ccc(-c2ccccc2)cc1. The molecule has 0 aromatic heterocycles. The molecule has 1 aliphatic rings. The lowest BCUT2D eigenvalue weighted by atomic mass is 9.81. The third-order valence-electron chi connectivity index (χ3n) is 8.34. The molecule has 0 aliphatic carbocycles. The Morgan fingerprint density at radius 3 is 2.38 bits per heavy atom. The summed E-state index contributed by atoms with van der Waals surface area (Å²) < 4.78 is 26.2. The number of ether oxygens (including phenoxy) is 2. The number of nitrogens with zero attached hydrogens (tertiary/aromatic N) is 4. The molecule has 6 rings (SSSR count). The second-order valence-electron chi connectivity index (χ2n) is 11.7. The maximum atomic E-state index is 14.6. The molecular weight excluding hydrogens is 635 g/mol. The summed E-state index contributed by atoms with van der Waals surface area (Å²) in [5.74, 6) is -0.0296. The average Bonchev–Trinajstić information content (AvgIpc) is 3.54. The number of halogens is 1. The molecule has 1 aliphatic heterocycles. The molecule has 11 heteroatoms. The summed E-state index contributed by atoms with van der Waals surface area (Å²) in [4.78, 5) is 22.6. The minimum absolute atomic E-state index is 0.0205. The van der Waals surface area contributed by atoms with Gasteiger partial charge in [0.15, 0.2) is 11.6 Å². The summed E-state index contributed by atoms with van der Waals surface area (Å²) in [5, 5.41) is 13.0. The number of azide groups is 1. The summed E-state index contributed by atoms with van der Waals surface area (Å²) in [5.41, 5.74) is 18.4. The molecule has 0 radical (unpaired) electrons. The van der Waals surface area contributed by atoms with E-state index < -0.39 is 17.6 Å². The Bertz CT molecular complexity index is 2000. The first-order valence-electron chi connectivity index (χ1n) is 16.2. The van der Waals surface area contributed by atoms with Gasteiger partial charge in [-0.2, -0.15) is 0 Å². The number of aliphatic imine (C=N–C) groups is 1. The third-order valence-corrected chi connectivity index (χ3v) is 8.34. The molecule has 0 saturated carbocycles. The van der Waals surface area contributed by atoms with Crippen molar-refractivity contribution < 1.29 is 23.8 Å². The van der Waals surface area contributed by atoms with Gasteiger partial charge in [-0.15, -0.1) is 0 Å². The van der Waals surface area contributed by atoms with Crippen LogP contribution < -0.4 is 15.6 Å². The van der Waals surface area contributed by atoms with Gasteiger partial charge in [0.2, 0.25) is 5.90 Å². The van der Waals surface area contributed by atoms with E-state index in [0.29, 0.717) is 46.7 Å². The summed E-state index contributed by atoms with van der Waals surface area (Å²) >= 11 is 0. The van der Waals surface area contributed by atoms with Gasteiger partial charge in [-0.3, -0.25) is 10.2 Å². The maximum Gasteiger partial charge on any atom is 0.266 e. The molecule has 3 N–H and O–H groups in total. The lowest BCUT2D eigenvalue weighted by molar-refractivity contribution is -0.130. The van der Waals surface area contributed by atoms with Gasteiger partial charge in [0, 0.05) is 42.2 Å². The zero-order valence-corrected chi connectivity index (χ0v) is 27.1. The lowest BCUT2D eigenvalue weighted by Crippen LogP contribution is -2.53. The highest BCUT2D eigenvalue weighted by Gasteiger charge is 2.53. The van der Waals surface area contributed by atoms with Crippen molar-refractivity contribution in [3.8, 4) is 16.9 Å². The Hall–Kier alpha value is -6.00. The summed E-state index contributed by atoms with van der Waals surface area (Å²) in [7, 11) is 0. The van der Waals surface area contributed by atoms with Crippen LogP contribution >= 0.6 is 0 Å². The van der Waals surface area contributed by atoms with Gasteiger partial charge in [0.1, 0.15) is 11.6 Å². The van der Waals surface area contributed by atoms with Gasteiger partial charge in [-0.1, -0.05) is 96.1 Å². The van der Waals surface area contributed by atoms with Crippen LogP contribution in [0.2, 0.25) is 0 Å². The van der Waals surface area contributed by atoms with E-state index in [9.17, 15) is 14.7 Å². The number of hydrazine groups is 1. The smallest absolute Gasteiger partial charge is 0.266 e. The molecule has 1 heterocycles. The molecule has 0 fully saturated rings. The van der Waals surface area contributed by atoms with Crippen molar-refractivity contribution in [1.29, 1.82) is 0 Å². The van der Waals surface area contributed by atoms with E-state index in [1.165, 1.54) is 12.1 Å². The van der Waals surface area contributed by atoms with E-state index in [2.05, 4.69) is 20.9 Å². The first kappa shape index (κ1) is 33.9. The van der Waals surface area contributed by atoms with E-state index in [1.54, 1.807) is 60.7 Å². The second kappa shape index (κ2) is 15.9. The van der Waals surface area contributed by atoms with Gasteiger partial charge in [0.25, 0.3) is 5.91 Å². The number of aliphatic hydroxyl groups is 1. The minimum atomic E-state index is -1.59. The van der Waals surface area contributed by atoms with Gasteiger partial charge in [0.05, 0.1) is 6.61 Å². The molecular formula is C39H35FN6O4. The van der Waals surface area contributed by atoms with Crippen LogP contribution in [0, 0.1) is 5.82 Å². The normalized spacial score (nSPS) is 16.5. The Kier molecular flexibility index (Phi) is 10.8. The second-order valence-corrected chi connectivity index (χ2v) is 11.7. The van der Waals surface area contributed by atoms with Gasteiger partial charge < -0.3 is 14.6 Å². The molecule has 252 valence electrons. The summed E-state index contributed by atoms with van der Waals surface area (Å²) in [6.45, 7) is 0.547. The predicted molar refractivity (Wildman–Crippen MR) is 189 cm³/mol. The van der Waals surface area contributed by atoms with Gasteiger partial charge in [-0.25, -0.2) is 14.8 Å². The Morgan fingerprint density at radius 2 is 1.64 bits per heavy atom. The predicted octanol–water partition coefficient (Wildman–Crippen LogP) is 7.52. The van der Waals surface area contributed by atoms with Crippen molar-refractivity contribution >= 4 is 17.5 Å². The largest absolute Gasteiger partial charge is 0.494 e. The number of nitrogens with one attached hydrogen (secondary N) is 2. The molecule has 0 bridgehead atoms. The molecule has 0 saturated heterocycles. The van der Waals surface area contributed by atoms with Crippen LogP contribution in [0.5, 0.6) is 5.75 Å². The summed E-state index contributed by atoms with van der Waals surface area (Å²) in [6, 6.07) is 38.0. The van der Waals surface area contributed by atoms with Crippen molar-refractivity contribution in [2.75, 3.05) is 13.2 Å². The van der Waals surface area contributed by atoms with Crippen LogP contribution in [0.25, 0.3) is 21.6 Å². The molecule has 10 nitrogen and oxygen atoms in total. The number of hydrogen-bond acceptors (Lipinski definition) is 7. The van der Waals surface area contributed by atoms with Gasteiger partial charge >= 0.3 is 0 Å². The number of carbonyl (C=O) groups excluding carboxylic acids is 1. The molecule has 0 spiro atoms. The highest BCUT2D eigenvalue weighted by molar-refractivity contribution is 6.01. The molecule has 5 aromatic carbocycles. The number of carbonyl (C=O) groups is 1. The summed E-state index contributed by atoms with van der Waals surface area (Å²) in [6.07, 6.45) is -0.380. The monoisotopic (exact) mass is 670 g/mol. The molecule has 2 atom stereocenters. The van der Waals surface area contributed by atoms with Crippen molar-refractivity contribution in [1.82, 2.24) is 10.9 Å². The number of amides is 1. The first-order valence-corrected chi connectivity index (χ1v) is 16.2. The van der Waals surface area contributed by atoms with E-state index >= 15 is 0 Å². The molecule has 1 amide bonds. The third kappa shape index (κ3) is 7.82. The fourth-order valence-corrected chi connectivity index (χ4v) is 5.84. The fraction of sp³-hybridized carbons (Fsp3) is 0.179. The van der Waals surface area contributed by atoms with E-state index in [1.807, 2.05) is 54.6 Å². The van der Waals surface area contributed by atoms with Crippen molar-refractivity contribution in [2.45, 2.75) is 31.0 Å². The van der Waals surface area contributed by atoms with Crippen LogP contribution in [0.3, 0.4) is 0 Å². The van der Waals surface area contributed by atoms with E-state index in [4.69, 9.17) is 19.6 Å². The zero-order valence-electron chi connectivity index (χ0n) is 27.1. The fourth-order valence-electron chi connectivity index (χ4n) is 5.84. The van der Waals surface area contributed by atoms with Crippen molar-refractivity contribution in [2.24, 2.45) is 10.1 Å². The van der Waals surface area contributed by atoms with E-state index in [0.717, 1.165) is 11.1 Å². The zero-order chi connectivity index (χ0) is 34.8. The van der Waals surface area contributed by atoms with Crippen LogP contribution in [-0.4, -0.2) is 35.7 Å². The standard InChI is InChI=1S/C39H35FN6O4/c40-33-12-6-8-27(24-33)26-42-45-38(48)39(25-32-11-4-5-13-35(32)44-46-41)36(30-16-14-29(15-17-30)28-9-2-1-3-10-28)50-37(43-39)31-18-20-34(21-19-31)49-23-7-22-47/h1-6,8-21,24,36,42,47H,7,22-23,25-26H2,(H,45,48)/t36-,39-/m0/s1.